The predicted octanol–water partition coefficient (Wildman–Crippen LogP) is 3.90. The minimum atomic E-state index is -0.965. The number of hydrogen-bond donors (Lipinski definition) is 4. The van der Waals surface area contributed by atoms with Gasteiger partial charge in [0.25, 0.3) is 0 Å². The molecule has 40 heavy (non-hydrogen) atoms. The van der Waals surface area contributed by atoms with Gasteiger partial charge in [0, 0.05) is 6.42 Å². The molecule has 4 amide bonds. The number of methoxy groups -OCH3 is 1. The van der Waals surface area contributed by atoms with Crippen molar-refractivity contribution in [1.29, 1.82) is 0 Å². The smallest absolute Gasteiger partial charge is 0.408 e. The molecule has 0 saturated carbocycles. The van der Waals surface area contributed by atoms with Crippen molar-refractivity contribution in [2.75, 3.05) is 7.11 Å². The molecule has 0 fully saturated rings. The molecule has 2 rings (SSSR count). The second-order valence-corrected chi connectivity index (χ2v) is 10.1. The standard InChI is InChI=1S/C30H42N4O6/c1-6-21(4)26(28(36)39-5)34-29(37)33-25(17-20(2)3)32-27(35)24(18-22-13-9-7-10-14-22)31-30(38)40-19-23-15-11-8-12-16-23/h7-16,20-21,24-26H,6,17-19H2,1-5H3,(H,31,38)(H,32,35)(H2,33,34,37)/t21-,24-,25+,26-/m0/s1. The molecule has 4 atom stereocenters. The van der Waals surface area contributed by atoms with E-state index in [2.05, 4.69) is 21.3 Å². The van der Waals surface area contributed by atoms with Gasteiger partial charge in [-0.15, -0.1) is 0 Å². The van der Waals surface area contributed by atoms with Crippen LogP contribution in [-0.2, 0) is 32.1 Å². The Morgan fingerprint density at radius 1 is 0.800 bits per heavy atom. The lowest BCUT2D eigenvalue weighted by Gasteiger charge is -2.27. The second-order valence-electron chi connectivity index (χ2n) is 10.1. The number of amides is 4. The average molecular weight is 555 g/mol. The van der Waals surface area contributed by atoms with Crippen molar-refractivity contribution in [3.8, 4) is 0 Å². The normalized spacial score (nSPS) is 13.8. The van der Waals surface area contributed by atoms with Crippen LogP contribution in [0, 0.1) is 11.8 Å². The van der Waals surface area contributed by atoms with E-state index in [9.17, 15) is 19.2 Å². The van der Waals surface area contributed by atoms with Crippen LogP contribution in [0.5, 0.6) is 0 Å². The number of urea groups is 1. The summed E-state index contributed by atoms with van der Waals surface area (Å²) in [5.74, 6) is -1.07. The number of nitrogens with one attached hydrogen (secondary N) is 4. The second kappa shape index (κ2) is 16.8. The Labute approximate surface area is 236 Å². The van der Waals surface area contributed by atoms with Crippen molar-refractivity contribution in [3.05, 3.63) is 71.8 Å². The Balaban J connectivity index is 2.12. The van der Waals surface area contributed by atoms with Crippen LogP contribution in [0.1, 0.15) is 51.7 Å². The summed E-state index contributed by atoms with van der Waals surface area (Å²) in [6.07, 6.45) is -0.211. The minimum absolute atomic E-state index is 0.0571. The number of hydrogen-bond acceptors (Lipinski definition) is 6. The van der Waals surface area contributed by atoms with Gasteiger partial charge in [-0.3, -0.25) is 4.79 Å². The van der Waals surface area contributed by atoms with E-state index in [1.165, 1.54) is 7.11 Å². The highest BCUT2D eigenvalue weighted by atomic mass is 16.5. The van der Waals surface area contributed by atoms with Crippen molar-refractivity contribution in [2.45, 2.75) is 71.8 Å². The van der Waals surface area contributed by atoms with E-state index >= 15 is 0 Å². The Bertz CT molecular complexity index is 1080. The SMILES string of the molecule is CC[C@H](C)[C@H](NC(=O)N[C@H](CC(C)C)NC(=O)[C@H](Cc1ccccc1)NC(=O)OCc1ccccc1)C(=O)OC. The van der Waals surface area contributed by atoms with Crippen LogP contribution in [0.4, 0.5) is 9.59 Å². The molecule has 4 N–H and O–H groups in total. The molecule has 0 aromatic heterocycles. The Kier molecular flexibility index (Phi) is 13.5. The van der Waals surface area contributed by atoms with Gasteiger partial charge in [-0.1, -0.05) is 94.8 Å². The van der Waals surface area contributed by atoms with Gasteiger partial charge in [0.15, 0.2) is 0 Å². The zero-order chi connectivity index (χ0) is 29.5. The van der Waals surface area contributed by atoms with Crippen molar-refractivity contribution < 1.29 is 28.7 Å². The number of benzene rings is 2. The predicted molar refractivity (Wildman–Crippen MR) is 152 cm³/mol. The Morgan fingerprint density at radius 3 is 1.95 bits per heavy atom. The van der Waals surface area contributed by atoms with E-state index in [0.717, 1.165) is 11.1 Å². The summed E-state index contributed by atoms with van der Waals surface area (Å²) in [6.45, 7) is 7.71. The topological polar surface area (TPSA) is 135 Å². The van der Waals surface area contributed by atoms with Crippen LogP contribution in [0.25, 0.3) is 0 Å². The highest BCUT2D eigenvalue weighted by molar-refractivity contribution is 5.87. The highest BCUT2D eigenvalue weighted by Crippen LogP contribution is 2.10. The highest BCUT2D eigenvalue weighted by Gasteiger charge is 2.29. The molecule has 0 bridgehead atoms. The fourth-order valence-corrected chi connectivity index (χ4v) is 4.00. The first kappa shape index (κ1) is 32.1. The van der Waals surface area contributed by atoms with Gasteiger partial charge in [-0.25, -0.2) is 14.4 Å². The minimum Gasteiger partial charge on any atom is -0.467 e. The molecule has 0 saturated heterocycles. The number of rotatable bonds is 14. The number of alkyl carbamates (subject to hydrolysis) is 1. The summed E-state index contributed by atoms with van der Waals surface area (Å²) >= 11 is 0. The molecule has 0 spiro atoms. The zero-order valence-electron chi connectivity index (χ0n) is 23.9. The van der Waals surface area contributed by atoms with Crippen molar-refractivity contribution in [2.24, 2.45) is 11.8 Å². The molecule has 10 nitrogen and oxygen atoms in total. The van der Waals surface area contributed by atoms with Gasteiger partial charge < -0.3 is 30.7 Å². The van der Waals surface area contributed by atoms with Gasteiger partial charge in [-0.05, 0) is 29.4 Å². The van der Waals surface area contributed by atoms with Crippen LogP contribution in [-0.4, -0.2) is 49.4 Å². The number of ether oxygens (including phenoxy) is 2. The van der Waals surface area contributed by atoms with Gasteiger partial charge in [0.2, 0.25) is 5.91 Å². The third-order valence-electron chi connectivity index (χ3n) is 6.39. The van der Waals surface area contributed by atoms with Crippen LogP contribution >= 0.6 is 0 Å². The van der Waals surface area contributed by atoms with E-state index in [-0.39, 0.29) is 24.9 Å². The fraction of sp³-hybridized carbons (Fsp3) is 0.467. The third kappa shape index (κ3) is 11.3. The maximum atomic E-state index is 13.4. The largest absolute Gasteiger partial charge is 0.467 e. The summed E-state index contributed by atoms with van der Waals surface area (Å²) in [5, 5.41) is 10.9. The van der Waals surface area contributed by atoms with Crippen molar-refractivity contribution >= 4 is 24.0 Å². The Morgan fingerprint density at radius 2 is 1.40 bits per heavy atom. The molecule has 0 heterocycles. The van der Waals surface area contributed by atoms with E-state index in [0.29, 0.717) is 12.8 Å². The summed E-state index contributed by atoms with van der Waals surface area (Å²) in [7, 11) is 1.27. The maximum Gasteiger partial charge on any atom is 0.408 e. The Hall–Kier alpha value is -4.08. The first-order valence-corrected chi connectivity index (χ1v) is 13.6. The monoisotopic (exact) mass is 554 g/mol. The molecule has 0 radical (unpaired) electrons. The van der Waals surface area contributed by atoms with Crippen molar-refractivity contribution in [3.63, 3.8) is 0 Å². The molecule has 0 aliphatic carbocycles. The molecule has 0 aliphatic heterocycles. The lowest BCUT2D eigenvalue weighted by atomic mass is 9.99. The van der Waals surface area contributed by atoms with Gasteiger partial charge in [-0.2, -0.15) is 0 Å². The summed E-state index contributed by atoms with van der Waals surface area (Å²) in [6, 6.07) is 16.1. The van der Waals surface area contributed by atoms with E-state index in [4.69, 9.17) is 9.47 Å². The lowest BCUT2D eigenvalue weighted by molar-refractivity contribution is -0.144. The maximum absolute atomic E-state index is 13.4. The average Bonchev–Trinajstić information content (AvgIpc) is 2.94. The first-order valence-electron chi connectivity index (χ1n) is 13.6. The molecule has 10 heteroatoms. The third-order valence-corrected chi connectivity index (χ3v) is 6.39. The first-order chi connectivity index (χ1) is 19.1. The molecular weight excluding hydrogens is 512 g/mol. The van der Waals surface area contributed by atoms with Gasteiger partial charge in [0.05, 0.1) is 7.11 Å². The summed E-state index contributed by atoms with van der Waals surface area (Å²) in [5.41, 5.74) is 1.66. The molecule has 218 valence electrons. The molecular formula is C30H42N4O6. The summed E-state index contributed by atoms with van der Waals surface area (Å²) in [4.78, 5) is 51.1. The molecule has 0 unspecified atom stereocenters. The van der Waals surface area contributed by atoms with Crippen LogP contribution in [0.2, 0.25) is 0 Å². The van der Waals surface area contributed by atoms with Crippen LogP contribution in [0.3, 0.4) is 0 Å². The summed E-state index contributed by atoms with van der Waals surface area (Å²) < 4.78 is 10.2. The van der Waals surface area contributed by atoms with E-state index < -0.39 is 42.3 Å². The van der Waals surface area contributed by atoms with Gasteiger partial charge >= 0.3 is 18.1 Å². The fourth-order valence-electron chi connectivity index (χ4n) is 4.00. The number of carbonyl (C=O) groups excluding carboxylic acids is 4. The van der Waals surface area contributed by atoms with E-state index in [1.807, 2.05) is 88.4 Å². The zero-order valence-corrected chi connectivity index (χ0v) is 23.9. The quantitative estimate of drug-likeness (QED) is 0.207. The van der Waals surface area contributed by atoms with Gasteiger partial charge in [0.1, 0.15) is 24.9 Å². The van der Waals surface area contributed by atoms with Crippen LogP contribution < -0.4 is 21.3 Å². The van der Waals surface area contributed by atoms with Crippen LogP contribution in [0.15, 0.2) is 60.7 Å². The number of esters is 1. The number of carbonyl (C=O) groups is 4. The molecule has 0 aliphatic rings. The molecule has 2 aromatic rings. The molecule has 2 aromatic carbocycles. The van der Waals surface area contributed by atoms with E-state index in [1.54, 1.807) is 0 Å². The lowest BCUT2D eigenvalue weighted by Crippen LogP contribution is -2.58. The van der Waals surface area contributed by atoms with Crippen molar-refractivity contribution in [1.82, 2.24) is 21.3 Å².